The van der Waals surface area contributed by atoms with E-state index in [2.05, 4.69) is 20.7 Å². The summed E-state index contributed by atoms with van der Waals surface area (Å²) in [6, 6.07) is 7.26. The molecule has 0 saturated heterocycles. The molecule has 0 aromatic heterocycles. The molecule has 0 N–H and O–H groups in total. The zero-order chi connectivity index (χ0) is 26.9. The minimum absolute atomic E-state index is 0. The van der Waals surface area contributed by atoms with E-state index in [0.29, 0.717) is 17.5 Å². The van der Waals surface area contributed by atoms with Crippen LogP contribution in [0.3, 0.4) is 0 Å². The molecule has 2 rings (SSSR count). The van der Waals surface area contributed by atoms with Crippen molar-refractivity contribution >= 4 is 38.0 Å². The molecule has 0 atom stereocenters. The molecule has 0 radical (unpaired) electrons. The van der Waals surface area contributed by atoms with E-state index in [1.54, 1.807) is 0 Å². The molecule has 0 fully saturated rings. The predicted molar refractivity (Wildman–Crippen MR) is 112 cm³/mol. The number of rotatable bonds is 7. The van der Waals surface area contributed by atoms with Crippen molar-refractivity contribution in [1.82, 2.24) is 0 Å². The standard InChI is InChI=1S/C10H8BrF3O2.C10H9F3O5S.Na/c11-6-5-9(15)16-8-3-1-7(2-4-8)10(12,13)14;11-10(12,13)7-1-3-8(4-2-7)18-9(14)5-6-19(15,16)17;/h1-4H,5-6H2;1-4H,5-6H2,(H,15,16,17);/q;;+1/p-1. The number of halogens is 7. The largest absolute Gasteiger partial charge is 1.00 e. The van der Waals surface area contributed by atoms with Crippen LogP contribution in [-0.2, 0) is 32.1 Å². The van der Waals surface area contributed by atoms with Crippen LogP contribution in [-0.4, -0.2) is 36.0 Å². The Morgan fingerprint density at radius 3 is 1.36 bits per heavy atom. The van der Waals surface area contributed by atoms with Gasteiger partial charge < -0.3 is 14.0 Å². The number of ether oxygens (including phenoxy) is 2. The Morgan fingerprint density at radius 1 is 0.750 bits per heavy atom. The minimum Gasteiger partial charge on any atom is -0.748 e. The summed E-state index contributed by atoms with van der Waals surface area (Å²) in [7, 11) is -4.54. The molecule has 0 saturated carbocycles. The number of esters is 2. The van der Waals surface area contributed by atoms with Crippen LogP contribution >= 0.6 is 15.9 Å². The first-order valence-electron chi connectivity index (χ1n) is 9.26. The molecule has 2 aromatic carbocycles. The smallest absolute Gasteiger partial charge is 0.748 e. The summed E-state index contributed by atoms with van der Waals surface area (Å²) in [6.45, 7) is 0. The van der Waals surface area contributed by atoms with Crippen molar-refractivity contribution in [3.63, 3.8) is 0 Å². The Labute approximate surface area is 232 Å². The van der Waals surface area contributed by atoms with Gasteiger partial charge in [-0.05, 0) is 48.5 Å². The molecule has 0 unspecified atom stereocenters. The van der Waals surface area contributed by atoms with Gasteiger partial charge in [-0.25, -0.2) is 8.42 Å². The molecule has 0 aliphatic heterocycles. The Hall–Kier alpha value is -1.65. The van der Waals surface area contributed by atoms with Crippen molar-refractivity contribution in [3.8, 4) is 11.5 Å². The summed E-state index contributed by atoms with van der Waals surface area (Å²) in [4.78, 5) is 22.1. The molecule has 0 amide bonds. The Bertz CT molecular complexity index is 1090. The molecule has 2 aromatic rings. The molecule has 0 bridgehead atoms. The van der Waals surface area contributed by atoms with Crippen LogP contribution in [0.4, 0.5) is 26.3 Å². The zero-order valence-electron chi connectivity index (χ0n) is 18.4. The summed E-state index contributed by atoms with van der Waals surface area (Å²) in [5.41, 5.74) is -1.68. The fourth-order valence-corrected chi connectivity index (χ4v) is 2.81. The van der Waals surface area contributed by atoms with Crippen LogP contribution in [0.1, 0.15) is 24.0 Å². The summed E-state index contributed by atoms with van der Waals surface area (Å²) >= 11 is 3.05. The van der Waals surface area contributed by atoms with Crippen LogP contribution in [0.5, 0.6) is 11.5 Å². The first-order valence-corrected chi connectivity index (χ1v) is 12.0. The van der Waals surface area contributed by atoms with Crippen molar-refractivity contribution < 1.29 is 87.9 Å². The molecule has 7 nitrogen and oxygen atoms in total. The number of alkyl halides is 7. The van der Waals surface area contributed by atoms with Crippen molar-refractivity contribution in [1.29, 1.82) is 0 Å². The van der Waals surface area contributed by atoms with Gasteiger partial charge in [0.05, 0.1) is 34.1 Å². The molecule has 16 heteroatoms. The third-order valence-electron chi connectivity index (χ3n) is 3.68. The van der Waals surface area contributed by atoms with Gasteiger partial charge in [-0.1, -0.05) is 15.9 Å². The summed E-state index contributed by atoms with van der Waals surface area (Å²) in [6.07, 6.45) is -9.37. The number of hydrogen-bond donors (Lipinski definition) is 0. The molecule has 36 heavy (non-hydrogen) atoms. The second-order valence-corrected chi connectivity index (χ2v) is 8.76. The van der Waals surface area contributed by atoms with Crippen molar-refractivity contribution in [2.24, 2.45) is 0 Å². The number of hydrogen-bond acceptors (Lipinski definition) is 7. The van der Waals surface area contributed by atoms with E-state index >= 15 is 0 Å². The van der Waals surface area contributed by atoms with Crippen LogP contribution < -0.4 is 39.0 Å². The molecule has 0 spiro atoms. The van der Waals surface area contributed by atoms with Crippen LogP contribution in [0.25, 0.3) is 0 Å². The Kier molecular flexibility index (Phi) is 14.2. The van der Waals surface area contributed by atoms with E-state index in [4.69, 9.17) is 4.74 Å². The topological polar surface area (TPSA) is 110 Å². The fraction of sp³-hybridized carbons (Fsp3) is 0.300. The normalized spacial score (nSPS) is 11.4. The van der Waals surface area contributed by atoms with Gasteiger partial charge in [-0.3, -0.25) is 9.59 Å². The van der Waals surface area contributed by atoms with E-state index in [9.17, 15) is 48.9 Å². The van der Waals surface area contributed by atoms with Crippen LogP contribution in [0, 0.1) is 0 Å². The maximum atomic E-state index is 12.2. The first-order chi connectivity index (χ1) is 16.0. The Morgan fingerprint density at radius 2 is 1.08 bits per heavy atom. The summed E-state index contributed by atoms with van der Waals surface area (Å²) in [5.74, 6) is -2.48. The van der Waals surface area contributed by atoms with E-state index in [1.165, 1.54) is 0 Å². The molecule has 0 heterocycles. The maximum absolute atomic E-state index is 12.2. The van der Waals surface area contributed by atoms with Gasteiger partial charge in [0.1, 0.15) is 11.5 Å². The Balaban J connectivity index is 0.000000671. The monoisotopic (exact) mass is 616 g/mol. The average Bonchev–Trinajstić information content (AvgIpc) is 2.72. The van der Waals surface area contributed by atoms with E-state index in [0.717, 1.165) is 36.4 Å². The van der Waals surface area contributed by atoms with Gasteiger partial charge >= 0.3 is 53.8 Å². The van der Waals surface area contributed by atoms with Gasteiger partial charge in [-0.2, -0.15) is 26.3 Å². The first kappa shape index (κ1) is 34.4. The predicted octanol–water partition coefficient (Wildman–Crippen LogP) is 1.95. The fourth-order valence-electron chi connectivity index (χ4n) is 2.07. The van der Waals surface area contributed by atoms with Gasteiger partial charge in [0, 0.05) is 11.1 Å². The summed E-state index contributed by atoms with van der Waals surface area (Å²) < 4.78 is 113. The SMILES string of the molecule is O=C(CCBr)Oc1ccc(C(F)(F)F)cc1.O=C(CCS(=O)(=O)[O-])Oc1ccc(C(F)(F)F)cc1.[Na+]. The molecule has 194 valence electrons. The van der Waals surface area contributed by atoms with Crippen molar-refractivity contribution in [2.75, 3.05) is 11.1 Å². The average molecular weight is 617 g/mol. The van der Waals surface area contributed by atoms with Gasteiger partial charge in [0.25, 0.3) is 0 Å². The number of benzene rings is 2. The maximum Gasteiger partial charge on any atom is 1.00 e. The molecule has 0 aliphatic carbocycles. The second kappa shape index (κ2) is 14.9. The van der Waals surface area contributed by atoms with Gasteiger partial charge in [0.2, 0.25) is 0 Å². The quantitative estimate of drug-likeness (QED) is 0.117. The molecular formula is C20H16BrF6NaO7S. The van der Waals surface area contributed by atoms with Gasteiger partial charge in [-0.15, -0.1) is 0 Å². The minimum atomic E-state index is -4.54. The number of carbonyl (C=O) groups excluding carboxylic acids is 2. The van der Waals surface area contributed by atoms with Crippen molar-refractivity contribution in [3.05, 3.63) is 59.7 Å². The van der Waals surface area contributed by atoms with Crippen LogP contribution in [0.15, 0.2) is 48.5 Å². The number of carbonyl (C=O) groups is 2. The van der Waals surface area contributed by atoms with Crippen LogP contribution in [0.2, 0.25) is 0 Å². The zero-order valence-corrected chi connectivity index (χ0v) is 22.8. The van der Waals surface area contributed by atoms with Gasteiger partial charge in [0.15, 0.2) is 0 Å². The van der Waals surface area contributed by atoms with Crippen molar-refractivity contribution in [2.45, 2.75) is 25.2 Å². The van der Waals surface area contributed by atoms with E-state index in [-0.39, 0.29) is 47.5 Å². The van der Waals surface area contributed by atoms with E-state index in [1.807, 2.05) is 0 Å². The third-order valence-corrected chi connectivity index (χ3v) is 4.78. The molecule has 0 aliphatic rings. The summed E-state index contributed by atoms with van der Waals surface area (Å²) in [5, 5.41) is 0.451. The molecular weight excluding hydrogens is 601 g/mol. The second-order valence-electron chi connectivity index (χ2n) is 6.44. The third kappa shape index (κ3) is 14.2. The van der Waals surface area contributed by atoms with E-state index < -0.39 is 57.7 Å².